The second kappa shape index (κ2) is 8.11. The van der Waals surface area contributed by atoms with E-state index in [0.29, 0.717) is 7.11 Å². The fourth-order valence-corrected chi connectivity index (χ4v) is 2.09. The number of carbonyl (C=O) groups excluding carboxylic acids is 2. The fraction of sp³-hybridized carbons (Fsp3) is 0.176. The number of para-hydroxylation sites is 2. The number of methoxy groups -OCH3 is 1. The predicted molar refractivity (Wildman–Crippen MR) is 86.4 cm³/mol. The molecule has 0 saturated heterocycles. The molecule has 0 bridgehead atoms. The van der Waals surface area contributed by atoms with Crippen LogP contribution >= 0.6 is 0 Å². The van der Waals surface area contributed by atoms with Crippen LogP contribution in [0, 0.1) is 11.6 Å². The molecule has 1 atom stereocenters. The number of nitrogens with one attached hydrogen (secondary N) is 2. The molecule has 11 heteroatoms. The monoisotopic (exact) mass is 404 g/mol. The van der Waals surface area contributed by atoms with E-state index in [0.717, 1.165) is 30.3 Å². The van der Waals surface area contributed by atoms with Crippen LogP contribution in [0.4, 0.5) is 32.4 Å². The van der Waals surface area contributed by atoms with E-state index in [1.54, 1.807) is 5.32 Å². The fourth-order valence-electron chi connectivity index (χ4n) is 2.09. The van der Waals surface area contributed by atoms with Crippen LogP contribution in [0.1, 0.15) is 0 Å². The van der Waals surface area contributed by atoms with Crippen molar-refractivity contribution < 1.29 is 41.0 Å². The largest absolute Gasteiger partial charge is 0.464 e. The van der Waals surface area contributed by atoms with Crippen molar-refractivity contribution in [3.63, 3.8) is 0 Å². The highest BCUT2D eigenvalue weighted by atomic mass is 19.4. The molecule has 2 amide bonds. The Bertz CT molecular complexity index is 840. The van der Waals surface area contributed by atoms with Gasteiger partial charge in [0.05, 0.1) is 7.11 Å². The Balaban J connectivity index is 2.40. The lowest BCUT2D eigenvalue weighted by Gasteiger charge is -2.33. The first-order chi connectivity index (χ1) is 13.1. The Labute approximate surface area is 155 Å². The van der Waals surface area contributed by atoms with E-state index in [4.69, 9.17) is 4.74 Å². The van der Waals surface area contributed by atoms with Crippen LogP contribution in [-0.4, -0.2) is 31.0 Å². The van der Waals surface area contributed by atoms with Gasteiger partial charge in [-0.2, -0.15) is 13.2 Å². The number of carbonyl (C=O) groups is 2. The highest BCUT2D eigenvalue weighted by molar-refractivity contribution is 5.94. The summed E-state index contributed by atoms with van der Waals surface area (Å²) in [5.41, 5.74) is -4.99. The smallest absolute Gasteiger partial charge is 0.460 e. The van der Waals surface area contributed by atoms with Crippen LogP contribution < -0.4 is 15.4 Å². The van der Waals surface area contributed by atoms with Crippen molar-refractivity contribution in [3.05, 3.63) is 60.2 Å². The molecule has 0 fully saturated rings. The average molecular weight is 404 g/mol. The molecule has 0 aliphatic heterocycles. The van der Waals surface area contributed by atoms with Gasteiger partial charge in [-0.05, 0) is 24.3 Å². The number of esters is 1. The van der Waals surface area contributed by atoms with E-state index in [-0.39, 0.29) is 0 Å². The van der Waals surface area contributed by atoms with Crippen molar-refractivity contribution in [2.75, 3.05) is 12.4 Å². The number of amides is 2. The lowest BCUT2D eigenvalue weighted by Crippen LogP contribution is -2.68. The number of halogens is 5. The number of urea groups is 1. The summed E-state index contributed by atoms with van der Waals surface area (Å²) in [5, 5.41) is 2.85. The summed E-state index contributed by atoms with van der Waals surface area (Å²) in [5.74, 6) is -4.92. The van der Waals surface area contributed by atoms with E-state index < -0.39 is 47.0 Å². The molecule has 0 saturated carbocycles. The number of rotatable bonds is 5. The van der Waals surface area contributed by atoms with Crippen LogP contribution in [0.15, 0.2) is 48.5 Å². The van der Waals surface area contributed by atoms with Gasteiger partial charge in [0.15, 0.2) is 0 Å². The summed E-state index contributed by atoms with van der Waals surface area (Å²) >= 11 is 0. The number of anilines is 1. The first-order valence-electron chi connectivity index (χ1n) is 7.53. The summed E-state index contributed by atoms with van der Waals surface area (Å²) in [6.07, 6.45) is -5.50. The summed E-state index contributed by atoms with van der Waals surface area (Å²) in [7, 11) is 0.646. The molecule has 0 aliphatic rings. The summed E-state index contributed by atoms with van der Waals surface area (Å²) in [6, 6.07) is 7.09. The first-order valence-corrected chi connectivity index (χ1v) is 7.53. The Morgan fingerprint density at radius 2 is 1.50 bits per heavy atom. The summed E-state index contributed by atoms with van der Waals surface area (Å²) in [4.78, 5) is 24.0. The molecule has 0 spiro atoms. The maximum absolute atomic E-state index is 13.7. The SMILES string of the molecule is COC(=O)C(NC(=O)Nc1c(F)cccc1F)(Oc1ccccc1)C(F)(F)F. The third kappa shape index (κ3) is 4.30. The highest BCUT2D eigenvalue weighted by Gasteiger charge is 2.66. The van der Waals surface area contributed by atoms with Gasteiger partial charge in [-0.15, -0.1) is 0 Å². The van der Waals surface area contributed by atoms with Crippen molar-refractivity contribution in [2.45, 2.75) is 11.9 Å². The number of alkyl halides is 3. The lowest BCUT2D eigenvalue weighted by molar-refractivity contribution is -0.258. The Kier molecular flexibility index (Phi) is 6.06. The van der Waals surface area contributed by atoms with E-state index in [2.05, 4.69) is 4.74 Å². The molecule has 0 heterocycles. The number of ether oxygens (including phenoxy) is 2. The number of hydrogen-bond acceptors (Lipinski definition) is 4. The van der Waals surface area contributed by atoms with Crippen molar-refractivity contribution in [2.24, 2.45) is 0 Å². The summed E-state index contributed by atoms with van der Waals surface area (Å²) < 4.78 is 77.3. The third-order valence-corrected chi connectivity index (χ3v) is 3.38. The van der Waals surface area contributed by atoms with Gasteiger partial charge < -0.3 is 14.8 Å². The van der Waals surface area contributed by atoms with Crippen LogP contribution in [0.25, 0.3) is 0 Å². The minimum Gasteiger partial charge on any atom is -0.464 e. The van der Waals surface area contributed by atoms with Crippen molar-refractivity contribution >= 4 is 17.7 Å². The van der Waals surface area contributed by atoms with Crippen molar-refractivity contribution in [3.8, 4) is 5.75 Å². The Morgan fingerprint density at radius 3 is 2.00 bits per heavy atom. The normalized spacial score (nSPS) is 13.2. The van der Waals surface area contributed by atoms with Gasteiger partial charge in [0.2, 0.25) is 0 Å². The van der Waals surface area contributed by atoms with E-state index in [1.807, 2.05) is 0 Å². The van der Waals surface area contributed by atoms with Gasteiger partial charge in [0.1, 0.15) is 23.1 Å². The molecule has 0 aromatic heterocycles. The molecular formula is C17H13F5N2O4. The van der Waals surface area contributed by atoms with Crippen LogP contribution in [0.3, 0.4) is 0 Å². The maximum Gasteiger partial charge on any atom is 0.460 e. The Hall–Kier alpha value is -3.37. The quantitative estimate of drug-likeness (QED) is 0.454. The number of benzene rings is 2. The summed E-state index contributed by atoms with van der Waals surface area (Å²) in [6.45, 7) is 0. The van der Waals surface area contributed by atoms with Gasteiger partial charge in [-0.1, -0.05) is 24.3 Å². The van der Waals surface area contributed by atoms with E-state index in [1.165, 1.54) is 23.5 Å². The zero-order chi connectivity index (χ0) is 20.9. The van der Waals surface area contributed by atoms with Crippen molar-refractivity contribution in [1.82, 2.24) is 5.32 Å². The lowest BCUT2D eigenvalue weighted by atomic mass is 10.2. The molecule has 1 unspecified atom stereocenters. The molecule has 6 nitrogen and oxygen atoms in total. The van der Waals surface area contributed by atoms with Crippen LogP contribution in [0.2, 0.25) is 0 Å². The molecule has 2 aromatic carbocycles. The standard InChI is InChI=1S/C17H13F5N2O4/c1-27-14(25)16(17(20,21)22,28-10-6-3-2-4-7-10)24-15(26)23-13-11(18)8-5-9-12(13)19/h2-9H,1H3,(H2,23,24,26). The van der Waals surface area contributed by atoms with Crippen LogP contribution in [-0.2, 0) is 9.53 Å². The minimum absolute atomic E-state index is 0.428. The molecule has 150 valence electrons. The third-order valence-electron chi connectivity index (χ3n) is 3.38. The van der Waals surface area contributed by atoms with Gasteiger partial charge in [0, 0.05) is 0 Å². The first kappa shape index (κ1) is 20.9. The molecule has 2 N–H and O–H groups in total. The number of hydrogen-bond donors (Lipinski definition) is 2. The molecule has 0 aliphatic carbocycles. The van der Waals surface area contributed by atoms with Crippen molar-refractivity contribution in [1.29, 1.82) is 0 Å². The zero-order valence-corrected chi connectivity index (χ0v) is 14.1. The topological polar surface area (TPSA) is 76.7 Å². The van der Waals surface area contributed by atoms with E-state index >= 15 is 0 Å². The highest BCUT2D eigenvalue weighted by Crippen LogP contribution is 2.34. The van der Waals surface area contributed by atoms with Gasteiger partial charge in [-0.25, -0.2) is 18.4 Å². The molecule has 0 radical (unpaired) electrons. The molecule has 28 heavy (non-hydrogen) atoms. The van der Waals surface area contributed by atoms with Crippen LogP contribution in [0.5, 0.6) is 5.75 Å². The van der Waals surface area contributed by atoms with Gasteiger partial charge >= 0.3 is 23.9 Å². The molecule has 2 rings (SSSR count). The Morgan fingerprint density at radius 1 is 0.929 bits per heavy atom. The van der Waals surface area contributed by atoms with Gasteiger partial charge in [-0.3, -0.25) is 5.32 Å². The molecule has 2 aromatic rings. The molecular weight excluding hydrogens is 391 g/mol. The van der Waals surface area contributed by atoms with E-state index in [9.17, 15) is 31.5 Å². The minimum atomic E-state index is -5.50. The average Bonchev–Trinajstić information content (AvgIpc) is 2.63. The van der Waals surface area contributed by atoms with Gasteiger partial charge in [0.25, 0.3) is 0 Å². The maximum atomic E-state index is 13.7. The zero-order valence-electron chi connectivity index (χ0n) is 14.1. The predicted octanol–water partition coefficient (Wildman–Crippen LogP) is 3.60. The second-order valence-electron chi connectivity index (χ2n) is 5.26. The second-order valence-corrected chi connectivity index (χ2v) is 5.26.